The molecule has 8 nitrogen and oxygen atoms in total. The van der Waals surface area contributed by atoms with Crippen LogP contribution in [0.5, 0.6) is 11.5 Å². The predicted molar refractivity (Wildman–Crippen MR) is 134 cm³/mol. The SMILES string of the molecule is C[C@]12C=CC(=O)C=C1CC[C@@H]1[C@@H]2[C@@H](O)C[C@@]2(C)[C@H]1C[C@H]1O[C@@H](c3ccc4c(c3)OCCO4)O[C@]12C(=O)CO. The smallest absolute Gasteiger partial charge is 0.193 e. The fourth-order valence-corrected chi connectivity index (χ4v) is 9.04. The molecule has 6 aliphatic rings. The summed E-state index contributed by atoms with van der Waals surface area (Å²) in [5.74, 6) is 0.979. The Labute approximate surface area is 221 Å². The molecular weight excluding hydrogens is 488 g/mol. The number of aliphatic hydroxyl groups is 2. The second kappa shape index (κ2) is 8.24. The molecule has 0 spiro atoms. The topological polar surface area (TPSA) is 112 Å². The van der Waals surface area contributed by atoms with Gasteiger partial charge in [-0.2, -0.15) is 0 Å². The van der Waals surface area contributed by atoms with E-state index in [1.165, 1.54) is 0 Å². The van der Waals surface area contributed by atoms with Gasteiger partial charge in [0.2, 0.25) is 0 Å². The monoisotopic (exact) mass is 522 g/mol. The highest BCUT2D eigenvalue weighted by Crippen LogP contribution is 2.70. The van der Waals surface area contributed by atoms with Crippen molar-refractivity contribution < 1.29 is 38.7 Å². The number of benzene rings is 1. The minimum absolute atomic E-state index is 0.000869. The standard InChI is InChI=1S/C30H34O8/c1-28-8-7-18(32)12-17(28)4-5-19-20-13-25-30(24(34)15-31,29(20,2)14-21(33)26(19)28)38-27(37-25)16-3-6-22-23(11-16)36-10-9-35-22/h3,6-8,11-12,19-21,25-27,31,33H,4-5,9-10,13-15H2,1-2H3/t19-,20-,21-,25+,26+,27+,28-,29-,30+/m0/s1. The van der Waals surface area contributed by atoms with E-state index in [4.69, 9.17) is 18.9 Å². The summed E-state index contributed by atoms with van der Waals surface area (Å²) in [4.78, 5) is 25.8. The summed E-state index contributed by atoms with van der Waals surface area (Å²) in [6, 6.07) is 5.50. The first-order chi connectivity index (χ1) is 18.2. The van der Waals surface area contributed by atoms with E-state index >= 15 is 0 Å². The lowest BCUT2D eigenvalue weighted by Crippen LogP contribution is -2.63. The summed E-state index contributed by atoms with van der Waals surface area (Å²) in [7, 11) is 0. The van der Waals surface area contributed by atoms with E-state index in [0.29, 0.717) is 37.6 Å². The molecule has 202 valence electrons. The van der Waals surface area contributed by atoms with Gasteiger partial charge in [-0.3, -0.25) is 9.59 Å². The fourth-order valence-electron chi connectivity index (χ4n) is 9.04. The van der Waals surface area contributed by atoms with E-state index < -0.39 is 47.3 Å². The molecule has 1 saturated heterocycles. The highest BCUT2D eigenvalue weighted by molar-refractivity contribution is 6.01. The molecule has 3 saturated carbocycles. The lowest BCUT2D eigenvalue weighted by atomic mass is 9.46. The average molecular weight is 523 g/mol. The van der Waals surface area contributed by atoms with Gasteiger partial charge in [-0.25, -0.2) is 0 Å². The first-order valence-electron chi connectivity index (χ1n) is 13.7. The number of fused-ring (bicyclic) bond motifs is 8. The molecule has 0 unspecified atom stereocenters. The Kier molecular flexibility index (Phi) is 5.32. The molecule has 2 heterocycles. The van der Waals surface area contributed by atoms with E-state index in [1.54, 1.807) is 12.2 Å². The number of hydrogen-bond acceptors (Lipinski definition) is 8. The van der Waals surface area contributed by atoms with Crippen molar-refractivity contribution in [3.63, 3.8) is 0 Å². The second-order valence-corrected chi connectivity index (χ2v) is 12.2. The minimum Gasteiger partial charge on any atom is -0.486 e. The van der Waals surface area contributed by atoms with Gasteiger partial charge in [0.05, 0.1) is 12.2 Å². The van der Waals surface area contributed by atoms with E-state index in [9.17, 15) is 19.8 Å². The molecule has 0 radical (unpaired) electrons. The number of Topliss-reactive ketones (excluding diaryl/α,β-unsaturated/α-hetero) is 1. The van der Waals surface area contributed by atoms with Crippen LogP contribution in [-0.2, 0) is 19.1 Å². The number of hydrogen-bond donors (Lipinski definition) is 2. The third-order valence-electron chi connectivity index (χ3n) is 10.6. The van der Waals surface area contributed by atoms with Crippen molar-refractivity contribution in [2.75, 3.05) is 19.8 Å². The highest BCUT2D eigenvalue weighted by Gasteiger charge is 2.75. The van der Waals surface area contributed by atoms with E-state index in [0.717, 1.165) is 24.0 Å². The minimum atomic E-state index is -1.37. The molecule has 4 fully saturated rings. The van der Waals surface area contributed by atoms with E-state index in [2.05, 4.69) is 6.92 Å². The Bertz CT molecular complexity index is 1270. The van der Waals surface area contributed by atoms with Gasteiger partial charge in [-0.15, -0.1) is 0 Å². The average Bonchev–Trinajstić information content (AvgIpc) is 3.41. The second-order valence-electron chi connectivity index (χ2n) is 12.2. The first kappa shape index (κ1) is 24.5. The molecule has 9 atom stereocenters. The Morgan fingerprint density at radius 2 is 1.95 bits per heavy atom. The fraction of sp³-hybridized carbons (Fsp3) is 0.600. The Morgan fingerprint density at radius 3 is 2.74 bits per heavy atom. The summed E-state index contributed by atoms with van der Waals surface area (Å²) in [5, 5.41) is 21.9. The van der Waals surface area contributed by atoms with Crippen LogP contribution in [0.2, 0.25) is 0 Å². The molecule has 0 aromatic heterocycles. The van der Waals surface area contributed by atoms with Gasteiger partial charge in [-0.1, -0.05) is 31.6 Å². The van der Waals surface area contributed by atoms with Crippen molar-refractivity contribution in [1.29, 1.82) is 0 Å². The number of allylic oxidation sites excluding steroid dienone is 4. The lowest BCUT2D eigenvalue weighted by Gasteiger charge is -2.59. The number of rotatable bonds is 3. The maximum Gasteiger partial charge on any atom is 0.193 e. The first-order valence-corrected chi connectivity index (χ1v) is 13.7. The van der Waals surface area contributed by atoms with Crippen molar-refractivity contribution in [2.24, 2.45) is 28.6 Å². The van der Waals surface area contributed by atoms with Gasteiger partial charge in [0.15, 0.2) is 35.0 Å². The van der Waals surface area contributed by atoms with Crippen LogP contribution < -0.4 is 9.47 Å². The van der Waals surface area contributed by atoms with Crippen molar-refractivity contribution in [2.45, 2.75) is 63.6 Å². The summed E-state index contributed by atoms with van der Waals surface area (Å²) < 4.78 is 24.5. The molecule has 8 heteroatoms. The van der Waals surface area contributed by atoms with Gasteiger partial charge >= 0.3 is 0 Å². The van der Waals surface area contributed by atoms with Gasteiger partial charge in [0.1, 0.15) is 19.8 Å². The molecule has 38 heavy (non-hydrogen) atoms. The number of carbonyl (C=O) groups is 2. The van der Waals surface area contributed by atoms with Crippen molar-refractivity contribution in [1.82, 2.24) is 0 Å². The molecular formula is C30H34O8. The maximum absolute atomic E-state index is 13.6. The van der Waals surface area contributed by atoms with Crippen LogP contribution in [0.15, 0.2) is 42.0 Å². The van der Waals surface area contributed by atoms with Crippen LogP contribution in [0.1, 0.15) is 51.4 Å². The Hall–Kier alpha value is -2.52. The Balaban J connectivity index is 1.25. The van der Waals surface area contributed by atoms with Crippen LogP contribution in [0.3, 0.4) is 0 Å². The van der Waals surface area contributed by atoms with Crippen molar-refractivity contribution >= 4 is 11.6 Å². The van der Waals surface area contributed by atoms with E-state index in [1.807, 2.05) is 31.2 Å². The summed E-state index contributed by atoms with van der Waals surface area (Å²) in [6.45, 7) is 4.45. The van der Waals surface area contributed by atoms with Crippen molar-refractivity contribution in [3.05, 3.63) is 47.6 Å². The van der Waals surface area contributed by atoms with Crippen LogP contribution in [-0.4, -0.2) is 59.4 Å². The molecule has 1 aromatic rings. The zero-order chi connectivity index (χ0) is 26.4. The zero-order valence-corrected chi connectivity index (χ0v) is 21.7. The summed E-state index contributed by atoms with van der Waals surface area (Å²) >= 11 is 0. The van der Waals surface area contributed by atoms with Gasteiger partial charge in [-0.05, 0) is 61.8 Å². The third-order valence-corrected chi connectivity index (χ3v) is 10.6. The molecule has 1 aromatic carbocycles. The number of aliphatic hydroxyl groups excluding tert-OH is 2. The third kappa shape index (κ3) is 3.06. The van der Waals surface area contributed by atoms with E-state index in [-0.39, 0.29) is 23.5 Å². The lowest BCUT2D eigenvalue weighted by molar-refractivity contribution is -0.201. The van der Waals surface area contributed by atoms with Gasteiger partial charge in [0, 0.05) is 22.3 Å². The summed E-state index contributed by atoms with van der Waals surface area (Å²) in [6.07, 6.45) is 5.84. The van der Waals surface area contributed by atoms with Crippen LogP contribution >= 0.6 is 0 Å². The van der Waals surface area contributed by atoms with Gasteiger partial charge < -0.3 is 29.2 Å². The molecule has 0 amide bonds. The van der Waals surface area contributed by atoms with Crippen LogP contribution in [0, 0.1) is 28.6 Å². The number of carbonyl (C=O) groups excluding carboxylic acids is 2. The predicted octanol–water partition coefficient (Wildman–Crippen LogP) is 3.06. The summed E-state index contributed by atoms with van der Waals surface area (Å²) in [5.41, 5.74) is -0.698. The highest BCUT2D eigenvalue weighted by atomic mass is 16.7. The van der Waals surface area contributed by atoms with Gasteiger partial charge in [0.25, 0.3) is 0 Å². The number of ether oxygens (including phenoxy) is 4. The Morgan fingerprint density at radius 1 is 1.16 bits per heavy atom. The molecule has 2 aliphatic heterocycles. The molecule has 2 N–H and O–H groups in total. The molecule has 4 aliphatic carbocycles. The van der Waals surface area contributed by atoms with Crippen LogP contribution in [0.25, 0.3) is 0 Å². The normalized spacial score (nSPS) is 44.5. The van der Waals surface area contributed by atoms with Crippen molar-refractivity contribution in [3.8, 4) is 11.5 Å². The quantitative estimate of drug-likeness (QED) is 0.623. The molecule has 0 bridgehead atoms. The van der Waals surface area contributed by atoms with Crippen LogP contribution in [0.4, 0.5) is 0 Å². The number of ketones is 2. The zero-order valence-electron chi connectivity index (χ0n) is 21.7. The maximum atomic E-state index is 13.6. The largest absolute Gasteiger partial charge is 0.486 e. The molecule has 7 rings (SSSR count).